The number of hydrogen-bond acceptors (Lipinski definition) is 2. The fourth-order valence-corrected chi connectivity index (χ4v) is 2.43. The second kappa shape index (κ2) is 4.76. The molecule has 96 valence electrons. The summed E-state index contributed by atoms with van der Waals surface area (Å²) in [7, 11) is 0. The summed E-state index contributed by atoms with van der Waals surface area (Å²) in [4.78, 5) is 12.0. The van der Waals surface area contributed by atoms with Crippen LogP contribution in [0.5, 0.6) is 0 Å². The Balaban J connectivity index is 1.98. The third-order valence-corrected chi connectivity index (χ3v) is 3.36. The van der Waals surface area contributed by atoms with Crippen LogP contribution in [0.2, 0.25) is 0 Å². The molecule has 2 aromatic carbocycles. The molecule has 19 heavy (non-hydrogen) atoms. The highest BCUT2D eigenvalue weighted by Gasteiger charge is 2.21. The van der Waals surface area contributed by atoms with Crippen LogP contribution in [-0.2, 0) is 4.79 Å². The number of fused-ring (bicyclic) bond motifs is 1. The number of benzene rings is 2. The molecule has 1 aliphatic heterocycles. The average molecular weight is 252 g/mol. The summed E-state index contributed by atoms with van der Waals surface area (Å²) in [5, 5.41) is 6.39. The molecule has 0 radical (unpaired) electrons. The second-order valence-electron chi connectivity index (χ2n) is 4.91. The lowest BCUT2D eigenvalue weighted by atomic mass is 10.0. The van der Waals surface area contributed by atoms with Gasteiger partial charge in [0.2, 0.25) is 5.91 Å². The molecule has 1 heterocycles. The van der Waals surface area contributed by atoms with E-state index in [0.29, 0.717) is 6.42 Å². The maximum atomic E-state index is 12.0. The van der Waals surface area contributed by atoms with Crippen molar-refractivity contribution in [3.63, 3.8) is 0 Å². The predicted octanol–water partition coefficient (Wildman–Crippen LogP) is 3.49. The largest absolute Gasteiger partial charge is 0.376 e. The van der Waals surface area contributed by atoms with Gasteiger partial charge < -0.3 is 10.6 Å². The van der Waals surface area contributed by atoms with Crippen molar-refractivity contribution in [1.82, 2.24) is 0 Å². The minimum Gasteiger partial charge on any atom is -0.376 e. The summed E-state index contributed by atoms with van der Waals surface area (Å²) < 4.78 is 0. The summed E-state index contributed by atoms with van der Waals surface area (Å²) in [5.74, 6) is 0.0453. The average Bonchev–Trinajstić information content (AvgIpc) is 2.56. The molecule has 0 bridgehead atoms. The predicted molar refractivity (Wildman–Crippen MR) is 77.2 cm³/mol. The number of para-hydroxylation sites is 2. The third kappa shape index (κ3) is 2.45. The number of rotatable bonds is 1. The number of amides is 1. The number of aryl methyl sites for hydroxylation is 1. The highest BCUT2D eigenvalue weighted by atomic mass is 16.1. The highest BCUT2D eigenvalue weighted by molar-refractivity contribution is 5.96. The van der Waals surface area contributed by atoms with Gasteiger partial charge in [-0.15, -0.1) is 0 Å². The Morgan fingerprint density at radius 2 is 1.84 bits per heavy atom. The van der Waals surface area contributed by atoms with Gasteiger partial charge in [0.05, 0.1) is 23.8 Å². The molecule has 0 aromatic heterocycles. The Kier molecular flexibility index (Phi) is 2.95. The summed E-state index contributed by atoms with van der Waals surface area (Å²) in [6.07, 6.45) is 0.443. The number of nitrogens with one attached hydrogen (secondary N) is 2. The second-order valence-corrected chi connectivity index (χ2v) is 4.91. The molecule has 0 fully saturated rings. The molecular formula is C16H16N2O. The molecule has 0 saturated heterocycles. The molecule has 3 heteroatoms. The van der Waals surface area contributed by atoms with Crippen LogP contribution in [0, 0.1) is 6.92 Å². The van der Waals surface area contributed by atoms with E-state index in [1.807, 2.05) is 30.3 Å². The zero-order chi connectivity index (χ0) is 13.2. The lowest BCUT2D eigenvalue weighted by Crippen LogP contribution is -2.15. The first-order chi connectivity index (χ1) is 9.22. The van der Waals surface area contributed by atoms with E-state index in [-0.39, 0.29) is 11.9 Å². The normalized spacial score (nSPS) is 17.9. The quantitative estimate of drug-likeness (QED) is 0.815. The topological polar surface area (TPSA) is 41.1 Å². The molecule has 0 spiro atoms. The maximum absolute atomic E-state index is 12.0. The Morgan fingerprint density at radius 1 is 1.05 bits per heavy atom. The van der Waals surface area contributed by atoms with Gasteiger partial charge in [-0.05, 0) is 24.6 Å². The standard InChI is InChI=1S/C16H16N2O/c1-11-5-4-6-12(9-11)15-10-16(19)18-14-8-3-2-7-13(14)17-15/h2-9,15,17H,10H2,1H3,(H,18,19)/t15-/m1/s1. The molecular weight excluding hydrogens is 236 g/mol. The van der Waals surface area contributed by atoms with Gasteiger partial charge in [-0.3, -0.25) is 4.79 Å². The minimum atomic E-state index is 0.0172. The monoisotopic (exact) mass is 252 g/mol. The van der Waals surface area contributed by atoms with E-state index in [4.69, 9.17) is 0 Å². The zero-order valence-electron chi connectivity index (χ0n) is 10.8. The molecule has 2 N–H and O–H groups in total. The van der Waals surface area contributed by atoms with E-state index in [2.05, 4.69) is 35.8 Å². The zero-order valence-corrected chi connectivity index (χ0v) is 10.8. The van der Waals surface area contributed by atoms with E-state index < -0.39 is 0 Å². The van der Waals surface area contributed by atoms with Crippen LogP contribution in [0.1, 0.15) is 23.6 Å². The SMILES string of the molecule is Cc1cccc([C@H]2CC(=O)Nc3ccccc3N2)c1. The van der Waals surface area contributed by atoms with Crippen LogP contribution in [0.4, 0.5) is 11.4 Å². The van der Waals surface area contributed by atoms with Crippen molar-refractivity contribution in [1.29, 1.82) is 0 Å². The van der Waals surface area contributed by atoms with Crippen molar-refractivity contribution in [2.24, 2.45) is 0 Å². The number of hydrogen-bond donors (Lipinski definition) is 2. The summed E-state index contributed by atoms with van der Waals surface area (Å²) in [5.41, 5.74) is 4.17. The number of carbonyl (C=O) groups excluding carboxylic acids is 1. The maximum Gasteiger partial charge on any atom is 0.226 e. The van der Waals surface area contributed by atoms with Crippen LogP contribution >= 0.6 is 0 Å². The van der Waals surface area contributed by atoms with Crippen LogP contribution in [-0.4, -0.2) is 5.91 Å². The first kappa shape index (κ1) is 11.8. The van der Waals surface area contributed by atoms with Gasteiger partial charge in [0, 0.05) is 0 Å². The van der Waals surface area contributed by atoms with E-state index in [9.17, 15) is 4.79 Å². The Hall–Kier alpha value is -2.29. The van der Waals surface area contributed by atoms with Crippen molar-refractivity contribution in [3.05, 3.63) is 59.7 Å². The van der Waals surface area contributed by atoms with E-state index in [1.165, 1.54) is 5.56 Å². The smallest absolute Gasteiger partial charge is 0.226 e. The van der Waals surface area contributed by atoms with Gasteiger partial charge in [0.25, 0.3) is 0 Å². The van der Waals surface area contributed by atoms with Crippen LogP contribution < -0.4 is 10.6 Å². The molecule has 0 saturated carbocycles. The van der Waals surface area contributed by atoms with Crippen LogP contribution in [0.15, 0.2) is 48.5 Å². The van der Waals surface area contributed by atoms with Gasteiger partial charge in [0.15, 0.2) is 0 Å². The third-order valence-electron chi connectivity index (χ3n) is 3.36. The van der Waals surface area contributed by atoms with Gasteiger partial charge >= 0.3 is 0 Å². The van der Waals surface area contributed by atoms with Crippen molar-refractivity contribution in [2.75, 3.05) is 10.6 Å². The minimum absolute atomic E-state index is 0.0172. The molecule has 0 unspecified atom stereocenters. The number of carbonyl (C=O) groups is 1. The highest BCUT2D eigenvalue weighted by Crippen LogP contribution is 2.31. The Labute approximate surface area is 112 Å². The van der Waals surface area contributed by atoms with Crippen molar-refractivity contribution < 1.29 is 4.79 Å². The fraction of sp³-hybridized carbons (Fsp3) is 0.188. The van der Waals surface area contributed by atoms with Crippen LogP contribution in [0.3, 0.4) is 0 Å². The number of anilines is 2. The van der Waals surface area contributed by atoms with Gasteiger partial charge in [0.1, 0.15) is 0 Å². The molecule has 0 aliphatic carbocycles. The van der Waals surface area contributed by atoms with E-state index in [0.717, 1.165) is 16.9 Å². The van der Waals surface area contributed by atoms with Gasteiger partial charge in [-0.25, -0.2) is 0 Å². The van der Waals surface area contributed by atoms with E-state index in [1.54, 1.807) is 0 Å². The molecule has 3 rings (SSSR count). The Bertz CT molecular complexity index is 622. The van der Waals surface area contributed by atoms with Crippen molar-refractivity contribution in [3.8, 4) is 0 Å². The molecule has 1 aliphatic rings. The molecule has 1 amide bonds. The van der Waals surface area contributed by atoms with Crippen molar-refractivity contribution >= 4 is 17.3 Å². The summed E-state index contributed by atoms with van der Waals surface area (Å²) >= 11 is 0. The first-order valence-electron chi connectivity index (χ1n) is 6.44. The summed E-state index contributed by atoms with van der Waals surface area (Å²) in [6.45, 7) is 2.06. The molecule has 3 nitrogen and oxygen atoms in total. The molecule has 2 aromatic rings. The molecule has 1 atom stereocenters. The lowest BCUT2D eigenvalue weighted by molar-refractivity contribution is -0.116. The van der Waals surface area contributed by atoms with Crippen LogP contribution in [0.25, 0.3) is 0 Å². The summed E-state index contributed by atoms with van der Waals surface area (Å²) in [6, 6.07) is 16.1. The lowest BCUT2D eigenvalue weighted by Gasteiger charge is -2.17. The van der Waals surface area contributed by atoms with Gasteiger partial charge in [-0.2, -0.15) is 0 Å². The Morgan fingerprint density at radius 3 is 2.63 bits per heavy atom. The first-order valence-corrected chi connectivity index (χ1v) is 6.44. The fourth-order valence-electron chi connectivity index (χ4n) is 2.43. The van der Waals surface area contributed by atoms with Gasteiger partial charge in [-0.1, -0.05) is 42.0 Å². The van der Waals surface area contributed by atoms with E-state index >= 15 is 0 Å². The van der Waals surface area contributed by atoms with Crippen molar-refractivity contribution in [2.45, 2.75) is 19.4 Å².